The smallest absolute Gasteiger partial charge is 0.433 e. The molecule has 2 aliphatic heterocycles. The van der Waals surface area contributed by atoms with E-state index in [1.807, 2.05) is 0 Å². The van der Waals surface area contributed by atoms with Gasteiger partial charge in [-0.15, -0.1) is 0 Å². The minimum Gasteiger partial charge on any atom is -0.454 e. The second-order valence-electron chi connectivity index (χ2n) is 8.33. The summed E-state index contributed by atoms with van der Waals surface area (Å²) in [6, 6.07) is 6.57. The van der Waals surface area contributed by atoms with Crippen molar-refractivity contribution < 1.29 is 37.0 Å². The molecule has 2 aliphatic rings. The monoisotopic (exact) mass is 505 g/mol. The van der Waals surface area contributed by atoms with Crippen LogP contribution in [0.15, 0.2) is 30.3 Å². The van der Waals surface area contributed by atoms with Gasteiger partial charge in [-0.25, -0.2) is 14.3 Å². The first-order chi connectivity index (χ1) is 17.2. The maximum Gasteiger partial charge on any atom is 0.433 e. The molecule has 0 bridgehead atoms. The number of nitrogens with one attached hydrogen (secondary N) is 1. The van der Waals surface area contributed by atoms with E-state index in [2.05, 4.69) is 15.4 Å². The SMILES string of the molecule is CCOC(=O)N1CCC(NC(=O)c2cc3nc(-c4ccc5c(c4)OCO5)cc(C(F)(F)F)n3n2)CC1. The molecule has 0 saturated carbocycles. The highest BCUT2D eigenvalue weighted by molar-refractivity contribution is 5.93. The zero-order chi connectivity index (χ0) is 25.4. The third-order valence-electron chi connectivity index (χ3n) is 5.97. The van der Waals surface area contributed by atoms with Gasteiger partial charge in [0.15, 0.2) is 28.5 Å². The van der Waals surface area contributed by atoms with Crippen LogP contribution in [0.3, 0.4) is 0 Å². The maximum absolute atomic E-state index is 13.9. The van der Waals surface area contributed by atoms with E-state index in [0.29, 0.717) is 47.5 Å². The van der Waals surface area contributed by atoms with E-state index in [0.717, 1.165) is 6.07 Å². The van der Waals surface area contributed by atoms with E-state index in [1.165, 1.54) is 6.07 Å². The number of hydrogen-bond acceptors (Lipinski definition) is 7. The van der Waals surface area contributed by atoms with Gasteiger partial charge in [0, 0.05) is 30.8 Å². The minimum atomic E-state index is -4.74. The highest BCUT2D eigenvalue weighted by Crippen LogP contribution is 2.37. The summed E-state index contributed by atoms with van der Waals surface area (Å²) in [6.07, 6.45) is -4.19. The number of piperidine rings is 1. The number of benzene rings is 1. The number of ether oxygens (including phenoxy) is 3. The molecule has 3 aromatic rings. The van der Waals surface area contributed by atoms with Gasteiger partial charge in [-0.3, -0.25) is 4.79 Å². The van der Waals surface area contributed by atoms with Gasteiger partial charge in [-0.05, 0) is 44.0 Å². The topological polar surface area (TPSA) is 107 Å². The van der Waals surface area contributed by atoms with Crippen LogP contribution in [0.5, 0.6) is 11.5 Å². The normalized spacial score (nSPS) is 15.8. The summed E-state index contributed by atoms with van der Waals surface area (Å²) in [5.41, 5.74) is -0.940. The van der Waals surface area contributed by atoms with Crippen molar-refractivity contribution in [2.24, 2.45) is 0 Å². The van der Waals surface area contributed by atoms with Gasteiger partial charge in [0.1, 0.15) is 0 Å². The fraction of sp³-hybridized carbons (Fsp3) is 0.391. The molecule has 4 heterocycles. The minimum absolute atomic E-state index is 0.0298. The van der Waals surface area contributed by atoms with Crippen LogP contribution in [0.4, 0.5) is 18.0 Å². The van der Waals surface area contributed by atoms with Crippen LogP contribution in [0.1, 0.15) is 35.9 Å². The first-order valence-electron chi connectivity index (χ1n) is 11.3. The fourth-order valence-corrected chi connectivity index (χ4v) is 4.17. The van der Waals surface area contributed by atoms with Gasteiger partial charge in [0.05, 0.1) is 12.3 Å². The Hall–Kier alpha value is -4.03. The molecule has 2 amide bonds. The fourth-order valence-electron chi connectivity index (χ4n) is 4.17. The number of fused-ring (bicyclic) bond motifs is 2. The molecule has 1 fully saturated rings. The third-order valence-corrected chi connectivity index (χ3v) is 5.97. The number of aromatic nitrogens is 3. The van der Waals surface area contributed by atoms with Crippen molar-refractivity contribution >= 4 is 17.6 Å². The maximum atomic E-state index is 13.9. The van der Waals surface area contributed by atoms with E-state index in [4.69, 9.17) is 14.2 Å². The van der Waals surface area contributed by atoms with Gasteiger partial charge in [-0.1, -0.05) is 0 Å². The molecule has 1 N–H and O–H groups in total. The van der Waals surface area contributed by atoms with E-state index >= 15 is 0 Å². The molecule has 0 radical (unpaired) electrons. The Kier molecular flexibility index (Phi) is 6.06. The molecule has 1 saturated heterocycles. The number of likely N-dealkylation sites (tertiary alicyclic amines) is 1. The molecule has 1 aromatic carbocycles. The second kappa shape index (κ2) is 9.21. The predicted octanol–water partition coefficient (Wildman–Crippen LogP) is 3.49. The Labute approximate surface area is 202 Å². The Bertz CT molecular complexity index is 1320. The lowest BCUT2D eigenvalue weighted by molar-refractivity contribution is -0.142. The molecular weight excluding hydrogens is 483 g/mol. The molecule has 2 aromatic heterocycles. The summed E-state index contributed by atoms with van der Waals surface area (Å²) in [5, 5.41) is 6.68. The molecular formula is C23H22F3N5O5. The van der Waals surface area contributed by atoms with Crippen LogP contribution >= 0.6 is 0 Å². The van der Waals surface area contributed by atoms with Crippen LogP contribution in [-0.4, -0.2) is 64.0 Å². The Morgan fingerprint density at radius 2 is 1.89 bits per heavy atom. The van der Waals surface area contributed by atoms with E-state index < -0.39 is 23.9 Å². The summed E-state index contributed by atoms with van der Waals surface area (Å²) >= 11 is 0. The lowest BCUT2D eigenvalue weighted by Gasteiger charge is -2.31. The van der Waals surface area contributed by atoms with E-state index in [1.54, 1.807) is 30.0 Å². The second-order valence-corrected chi connectivity index (χ2v) is 8.33. The number of amides is 2. The number of halogens is 3. The van der Waals surface area contributed by atoms with Crippen molar-refractivity contribution in [3.05, 3.63) is 41.7 Å². The quantitative estimate of drug-likeness (QED) is 0.579. The Balaban J connectivity index is 1.39. The number of rotatable bonds is 4. The van der Waals surface area contributed by atoms with Crippen molar-refractivity contribution in [2.45, 2.75) is 32.0 Å². The third kappa shape index (κ3) is 4.60. The average molecular weight is 505 g/mol. The molecule has 0 atom stereocenters. The lowest BCUT2D eigenvalue weighted by atomic mass is 10.1. The van der Waals surface area contributed by atoms with Gasteiger partial charge < -0.3 is 24.4 Å². The highest BCUT2D eigenvalue weighted by atomic mass is 19.4. The van der Waals surface area contributed by atoms with Crippen molar-refractivity contribution in [1.29, 1.82) is 0 Å². The van der Waals surface area contributed by atoms with E-state index in [9.17, 15) is 22.8 Å². The van der Waals surface area contributed by atoms with Crippen LogP contribution in [-0.2, 0) is 10.9 Å². The van der Waals surface area contributed by atoms with Gasteiger partial charge in [0.2, 0.25) is 6.79 Å². The standard InChI is InChI=1S/C23H22F3N5O5/c1-2-34-22(33)30-7-5-14(6-8-30)27-21(32)16-11-20-28-15(10-19(23(24,25)26)31(20)29-16)13-3-4-17-18(9-13)36-12-35-17/h3-4,9-11,14H,2,5-8,12H2,1H3,(H,27,32). The first-order valence-corrected chi connectivity index (χ1v) is 11.3. The van der Waals surface area contributed by atoms with Crippen molar-refractivity contribution in [3.63, 3.8) is 0 Å². The van der Waals surface area contributed by atoms with Crippen molar-refractivity contribution in [2.75, 3.05) is 26.5 Å². The first kappa shape index (κ1) is 23.7. The molecule has 0 unspecified atom stereocenters. The molecule has 5 rings (SSSR count). The lowest BCUT2D eigenvalue weighted by Crippen LogP contribution is -2.46. The highest BCUT2D eigenvalue weighted by Gasteiger charge is 2.36. The van der Waals surface area contributed by atoms with Crippen LogP contribution in [0.25, 0.3) is 16.9 Å². The zero-order valence-corrected chi connectivity index (χ0v) is 19.2. The predicted molar refractivity (Wildman–Crippen MR) is 119 cm³/mol. The van der Waals surface area contributed by atoms with E-state index in [-0.39, 0.29) is 36.5 Å². The van der Waals surface area contributed by atoms with Gasteiger partial charge in [0.25, 0.3) is 5.91 Å². The number of carbonyl (C=O) groups excluding carboxylic acids is 2. The average Bonchev–Trinajstić information content (AvgIpc) is 3.50. The summed E-state index contributed by atoms with van der Waals surface area (Å²) in [5.74, 6) is 0.283. The molecule has 13 heteroatoms. The molecule has 0 aliphatic carbocycles. The van der Waals surface area contributed by atoms with Gasteiger partial charge >= 0.3 is 12.3 Å². The number of hydrogen-bond donors (Lipinski definition) is 1. The number of nitrogens with zero attached hydrogens (tertiary/aromatic N) is 4. The molecule has 0 spiro atoms. The van der Waals surface area contributed by atoms with Crippen LogP contribution in [0, 0.1) is 0 Å². The summed E-state index contributed by atoms with van der Waals surface area (Å²) < 4.78 is 57.9. The Morgan fingerprint density at radius 1 is 1.14 bits per heavy atom. The Morgan fingerprint density at radius 3 is 2.61 bits per heavy atom. The molecule has 10 nitrogen and oxygen atoms in total. The summed E-state index contributed by atoms with van der Waals surface area (Å²) in [7, 11) is 0. The summed E-state index contributed by atoms with van der Waals surface area (Å²) in [4.78, 5) is 30.5. The van der Waals surface area contributed by atoms with Crippen LogP contribution in [0.2, 0.25) is 0 Å². The van der Waals surface area contributed by atoms with Crippen LogP contribution < -0.4 is 14.8 Å². The summed E-state index contributed by atoms with van der Waals surface area (Å²) in [6.45, 7) is 2.81. The van der Waals surface area contributed by atoms with Crippen molar-refractivity contribution in [1.82, 2.24) is 24.8 Å². The zero-order valence-electron chi connectivity index (χ0n) is 19.2. The largest absolute Gasteiger partial charge is 0.454 e. The molecule has 36 heavy (non-hydrogen) atoms. The molecule has 190 valence electrons. The van der Waals surface area contributed by atoms with Gasteiger partial charge in [-0.2, -0.15) is 18.3 Å². The number of alkyl halides is 3. The number of carbonyl (C=O) groups is 2. The van der Waals surface area contributed by atoms with Crippen molar-refractivity contribution in [3.8, 4) is 22.8 Å².